The Kier molecular flexibility index (Phi) is 2.92. The second kappa shape index (κ2) is 4.22. The lowest BCUT2D eigenvalue weighted by Gasteiger charge is -2.20. The summed E-state index contributed by atoms with van der Waals surface area (Å²) >= 11 is 5.98. The molecule has 4 nitrogen and oxygen atoms in total. The molecule has 1 aromatic heterocycles. The van der Waals surface area contributed by atoms with Crippen LogP contribution in [0.5, 0.6) is 0 Å². The number of carbonyl (C=O) groups is 2. The summed E-state index contributed by atoms with van der Waals surface area (Å²) in [6.07, 6.45) is 0.354. The summed E-state index contributed by atoms with van der Waals surface area (Å²) in [4.78, 5) is 26.4. The molecule has 1 aromatic rings. The molecule has 84 valence electrons. The largest absolute Gasteiger partial charge is 0.393 e. The van der Waals surface area contributed by atoms with E-state index in [0.717, 1.165) is 11.3 Å². The van der Waals surface area contributed by atoms with Crippen LogP contribution < -0.4 is 0 Å². The number of hydrogen-bond acceptors (Lipinski definition) is 4. The lowest BCUT2D eigenvalue weighted by molar-refractivity contribution is -0.163. The highest BCUT2D eigenvalue weighted by molar-refractivity contribution is 6.30. The van der Waals surface area contributed by atoms with E-state index in [1.807, 2.05) is 13.0 Å². The smallest absolute Gasteiger partial charge is 0.314 e. The van der Waals surface area contributed by atoms with Crippen LogP contribution in [0.15, 0.2) is 12.1 Å². The maximum absolute atomic E-state index is 11.1. The molecule has 16 heavy (non-hydrogen) atoms. The molecule has 0 amide bonds. The Labute approximate surface area is 97.6 Å². The number of pyridine rings is 1. The van der Waals surface area contributed by atoms with Crippen molar-refractivity contribution in [2.75, 3.05) is 0 Å². The third-order valence-electron chi connectivity index (χ3n) is 2.51. The topological polar surface area (TPSA) is 56.3 Å². The van der Waals surface area contributed by atoms with Crippen LogP contribution in [0.25, 0.3) is 0 Å². The van der Waals surface area contributed by atoms with E-state index in [2.05, 4.69) is 9.72 Å². The predicted octanol–water partition coefficient (Wildman–Crippen LogP) is 1.99. The van der Waals surface area contributed by atoms with Crippen LogP contribution in [-0.2, 0) is 14.3 Å². The first-order valence-electron chi connectivity index (χ1n) is 4.93. The highest BCUT2D eigenvalue weighted by atomic mass is 35.5. The van der Waals surface area contributed by atoms with E-state index in [0.29, 0.717) is 5.15 Å². The number of halogens is 1. The fourth-order valence-corrected chi connectivity index (χ4v) is 2.10. The van der Waals surface area contributed by atoms with Gasteiger partial charge in [-0.05, 0) is 18.6 Å². The van der Waals surface area contributed by atoms with Crippen molar-refractivity contribution in [3.8, 4) is 0 Å². The summed E-state index contributed by atoms with van der Waals surface area (Å²) in [7, 11) is 0. The standard InChI is InChI=1S/C11H10ClNO3/c1-6-2-3-8(11(12)13-6)7-4-9(14)16-10(15)5-7/h2-3,7H,4-5H2,1H3. The Morgan fingerprint density at radius 2 is 1.94 bits per heavy atom. The molecule has 0 aromatic carbocycles. The summed E-state index contributed by atoms with van der Waals surface area (Å²) < 4.78 is 4.46. The Morgan fingerprint density at radius 1 is 1.31 bits per heavy atom. The number of esters is 2. The number of cyclic esters (lactones) is 2. The molecule has 1 aliphatic rings. The molecular formula is C11H10ClNO3. The van der Waals surface area contributed by atoms with E-state index in [1.165, 1.54) is 0 Å². The molecule has 0 N–H and O–H groups in total. The molecule has 0 bridgehead atoms. The maximum Gasteiger partial charge on any atom is 0.314 e. The zero-order valence-electron chi connectivity index (χ0n) is 8.70. The van der Waals surface area contributed by atoms with Gasteiger partial charge in [-0.15, -0.1) is 0 Å². The lowest BCUT2D eigenvalue weighted by atomic mass is 9.92. The van der Waals surface area contributed by atoms with Crippen LogP contribution in [0.2, 0.25) is 5.15 Å². The molecule has 0 spiro atoms. The molecule has 0 aliphatic carbocycles. The van der Waals surface area contributed by atoms with E-state index in [-0.39, 0.29) is 18.8 Å². The van der Waals surface area contributed by atoms with E-state index in [1.54, 1.807) is 6.07 Å². The zero-order chi connectivity index (χ0) is 11.7. The van der Waals surface area contributed by atoms with E-state index in [9.17, 15) is 9.59 Å². The average molecular weight is 240 g/mol. The van der Waals surface area contributed by atoms with Gasteiger partial charge in [-0.1, -0.05) is 17.7 Å². The Morgan fingerprint density at radius 3 is 2.50 bits per heavy atom. The zero-order valence-corrected chi connectivity index (χ0v) is 9.45. The van der Waals surface area contributed by atoms with Crippen molar-refractivity contribution in [2.45, 2.75) is 25.7 Å². The maximum atomic E-state index is 11.1. The van der Waals surface area contributed by atoms with Crippen LogP contribution in [0.3, 0.4) is 0 Å². The monoisotopic (exact) mass is 239 g/mol. The van der Waals surface area contributed by atoms with Gasteiger partial charge in [0.2, 0.25) is 0 Å². The van der Waals surface area contributed by atoms with Gasteiger partial charge < -0.3 is 4.74 Å². The van der Waals surface area contributed by atoms with Gasteiger partial charge in [-0.2, -0.15) is 0 Å². The fraction of sp³-hybridized carbons (Fsp3) is 0.364. The van der Waals surface area contributed by atoms with Crippen molar-refractivity contribution in [1.82, 2.24) is 4.98 Å². The van der Waals surface area contributed by atoms with Crippen LogP contribution in [0.4, 0.5) is 0 Å². The lowest BCUT2D eigenvalue weighted by Crippen LogP contribution is -2.24. The first kappa shape index (κ1) is 11.1. The van der Waals surface area contributed by atoms with Crippen molar-refractivity contribution < 1.29 is 14.3 Å². The quantitative estimate of drug-likeness (QED) is 0.427. The van der Waals surface area contributed by atoms with Crippen molar-refractivity contribution in [2.24, 2.45) is 0 Å². The molecule has 0 saturated carbocycles. The number of nitrogens with zero attached hydrogens (tertiary/aromatic N) is 1. The van der Waals surface area contributed by atoms with Gasteiger partial charge in [0.25, 0.3) is 0 Å². The van der Waals surface area contributed by atoms with Gasteiger partial charge in [-0.3, -0.25) is 9.59 Å². The minimum atomic E-state index is -0.502. The number of aromatic nitrogens is 1. The molecule has 0 atom stereocenters. The van der Waals surface area contributed by atoms with Gasteiger partial charge in [0.1, 0.15) is 5.15 Å². The third-order valence-corrected chi connectivity index (χ3v) is 2.81. The van der Waals surface area contributed by atoms with Crippen LogP contribution >= 0.6 is 11.6 Å². The minimum absolute atomic E-state index is 0.177. The fourth-order valence-electron chi connectivity index (χ4n) is 1.75. The highest BCUT2D eigenvalue weighted by Gasteiger charge is 2.29. The van der Waals surface area contributed by atoms with E-state index >= 15 is 0 Å². The van der Waals surface area contributed by atoms with Crippen LogP contribution in [0.1, 0.15) is 30.0 Å². The van der Waals surface area contributed by atoms with Crippen molar-refractivity contribution >= 4 is 23.5 Å². The molecule has 1 saturated heterocycles. The second-order valence-electron chi connectivity index (χ2n) is 3.78. The Hall–Kier alpha value is -1.42. The van der Waals surface area contributed by atoms with Crippen LogP contribution in [-0.4, -0.2) is 16.9 Å². The summed E-state index contributed by atoms with van der Waals surface area (Å²) in [5, 5.41) is 0.354. The number of aryl methyl sites for hydroxylation is 1. The average Bonchev–Trinajstić information content (AvgIpc) is 2.15. The first-order valence-corrected chi connectivity index (χ1v) is 5.30. The molecular weight excluding hydrogens is 230 g/mol. The van der Waals surface area contributed by atoms with Crippen molar-refractivity contribution in [3.63, 3.8) is 0 Å². The van der Waals surface area contributed by atoms with Gasteiger partial charge >= 0.3 is 11.9 Å². The molecule has 1 fully saturated rings. The number of hydrogen-bond donors (Lipinski definition) is 0. The molecule has 2 heterocycles. The van der Waals surface area contributed by atoms with Crippen molar-refractivity contribution in [3.05, 3.63) is 28.5 Å². The van der Waals surface area contributed by atoms with E-state index in [4.69, 9.17) is 11.6 Å². The van der Waals surface area contributed by atoms with Gasteiger partial charge in [0.05, 0.1) is 12.8 Å². The number of ether oxygens (including phenoxy) is 1. The summed E-state index contributed by atoms with van der Waals surface area (Å²) in [6, 6.07) is 3.62. The highest BCUT2D eigenvalue weighted by Crippen LogP contribution is 2.32. The predicted molar refractivity (Wildman–Crippen MR) is 57.1 cm³/mol. The van der Waals surface area contributed by atoms with Gasteiger partial charge in [-0.25, -0.2) is 4.98 Å². The molecule has 5 heteroatoms. The minimum Gasteiger partial charge on any atom is -0.393 e. The SMILES string of the molecule is Cc1ccc(C2CC(=O)OC(=O)C2)c(Cl)n1. The molecule has 0 radical (unpaired) electrons. The molecule has 1 aliphatic heterocycles. The molecule has 0 unspecified atom stereocenters. The second-order valence-corrected chi connectivity index (χ2v) is 4.14. The van der Waals surface area contributed by atoms with E-state index < -0.39 is 11.9 Å². The normalized spacial score (nSPS) is 17.4. The van der Waals surface area contributed by atoms with Gasteiger partial charge in [0, 0.05) is 11.6 Å². The third kappa shape index (κ3) is 2.22. The molecule has 2 rings (SSSR count). The van der Waals surface area contributed by atoms with Crippen molar-refractivity contribution in [1.29, 1.82) is 0 Å². The number of carbonyl (C=O) groups excluding carboxylic acids is 2. The summed E-state index contributed by atoms with van der Waals surface area (Å²) in [6.45, 7) is 1.83. The first-order chi connectivity index (χ1) is 7.56. The van der Waals surface area contributed by atoms with Gasteiger partial charge in [0.15, 0.2) is 0 Å². The Bertz CT molecular complexity index is 443. The van der Waals surface area contributed by atoms with Crippen LogP contribution in [0, 0.1) is 6.92 Å². The summed E-state index contributed by atoms with van der Waals surface area (Å²) in [5.74, 6) is -1.22. The number of rotatable bonds is 1. The Balaban J connectivity index is 2.29. The summed E-state index contributed by atoms with van der Waals surface area (Å²) in [5.41, 5.74) is 1.54.